The summed E-state index contributed by atoms with van der Waals surface area (Å²) in [7, 11) is 0. The zero-order chi connectivity index (χ0) is 16.7. The average Bonchev–Trinajstić information content (AvgIpc) is 3.02. The number of alkyl halides is 3. The van der Waals surface area contributed by atoms with Crippen LogP contribution in [0.5, 0.6) is 0 Å². The molecule has 1 fully saturated rings. The smallest absolute Gasteiger partial charge is 0.316 e. The number of hydrogen-bond acceptors (Lipinski definition) is 4. The maximum absolute atomic E-state index is 13.5. The molecule has 2 aliphatic heterocycles. The highest BCUT2D eigenvalue weighted by molar-refractivity contribution is 8.14. The van der Waals surface area contributed by atoms with Crippen molar-refractivity contribution in [1.82, 2.24) is 10.2 Å². The molecule has 0 unspecified atom stereocenters. The molecule has 1 saturated heterocycles. The predicted octanol–water partition coefficient (Wildman–Crippen LogP) is 1.55. The van der Waals surface area contributed by atoms with Gasteiger partial charge in [0.25, 0.3) is 5.91 Å². The van der Waals surface area contributed by atoms with Crippen molar-refractivity contribution in [3.63, 3.8) is 0 Å². The molecule has 1 atom stereocenters. The van der Waals surface area contributed by atoms with Crippen molar-refractivity contribution in [2.24, 2.45) is 4.99 Å². The van der Waals surface area contributed by atoms with Crippen molar-refractivity contribution in [3.8, 4) is 0 Å². The van der Waals surface area contributed by atoms with Gasteiger partial charge in [0.1, 0.15) is 0 Å². The minimum atomic E-state index is -5.01. The van der Waals surface area contributed by atoms with Gasteiger partial charge in [-0.15, -0.1) is 0 Å². The van der Waals surface area contributed by atoms with Crippen LogP contribution in [0.2, 0.25) is 0 Å². The van der Waals surface area contributed by atoms with Gasteiger partial charge in [0, 0.05) is 12.3 Å². The summed E-state index contributed by atoms with van der Waals surface area (Å²) in [5.74, 6) is -1.65. The van der Waals surface area contributed by atoms with E-state index < -0.39 is 23.7 Å². The van der Waals surface area contributed by atoms with Crippen molar-refractivity contribution in [2.75, 3.05) is 12.3 Å². The number of nitrogens with one attached hydrogen (secondary N) is 1. The van der Waals surface area contributed by atoms with Crippen LogP contribution >= 0.6 is 11.8 Å². The molecule has 0 saturated carbocycles. The van der Waals surface area contributed by atoms with E-state index in [0.29, 0.717) is 11.3 Å². The topological polar surface area (TPSA) is 61.8 Å². The largest absolute Gasteiger partial charge is 0.442 e. The first-order valence-corrected chi connectivity index (χ1v) is 7.78. The number of amides is 2. The molecular formula is C14H12F3N3O2S. The third kappa shape index (κ3) is 2.69. The SMILES string of the molecule is O=C(Cc1ccccc1)N[C@@]1(C(F)(F)F)N=C2SCCN2C1=O. The number of nitrogens with zero attached hydrogens (tertiary/aromatic N) is 2. The molecule has 2 amide bonds. The van der Waals surface area contributed by atoms with Crippen LogP contribution in [0.15, 0.2) is 35.3 Å². The maximum atomic E-state index is 13.5. The molecule has 1 aromatic carbocycles. The molecule has 23 heavy (non-hydrogen) atoms. The Morgan fingerprint density at radius 2 is 2.04 bits per heavy atom. The van der Waals surface area contributed by atoms with Crippen LogP contribution in [0.3, 0.4) is 0 Å². The number of carbonyl (C=O) groups excluding carboxylic acids is 2. The van der Waals surface area contributed by atoms with Gasteiger partial charge in [-0.25, -0.2) is 4.99 Å². The molecule has 2 aliphatic rings. The highest BCUT2D eigenvalue weighted by atomic mass is 32.2. The van der Waals surface area contributed by atoms with Crippen molar-refractivity contribution in [1.29, 1.82) is 0 Å². The number of thioether (sulfide) groups is 1. The van der Waals surface area contributed by atoms with Crippen LogP contribution in [-0.4, -0.2) is 46.0 Å². The molecule has 5 nitrogen and oxygen atoms in total. The Morgan fingerprint density at radius 1 is 1.35 bits per heavy atom. The maximum Gasteiger partial charge on any atom is 0.442 e. The normalized spacial score (nSPS) is 23.7. The highest BCUT2D eigenvalue weighted by Gasteiger charge is 2.67. The third-order valence-corrected chi connectivity index (χ3v) is 4.49. The number of fused-ring (bicyclic) bond motifs is 1. The van der Waals surface area contributed by atoms with Gasteiger partial charge in [-0.05, 0) is 5.56 Å². The standard InChI is InChI=1S/C14H12F3N3O2S/c15-14(16,17)13(11(22)20-6-7-23-12(20)19-13)18-10(21)8-9-4-2-1-3-5-9/h1-5H,6-8H2,(H,18,21)/t13-/m1/s1. The van der Waals surface area contributed by atoms with Crippen LogP contribution < -0.4 is 5.32 Å². The first-order valence-electron chi connectivity index (χ1n) is 6.80. The molecule has 122 valence electrons. The quantitative estimate of drug-likeness (QED) is 0.906. The molecule has 2 heterocycles. The lowest BCUT2D eigenvalue weighted by molar-refractivity contribution is -0.200. The second-order valence-corrected chi connectivity index (χ2v) is 6.18. The number of benzene rings is 1. The lowest BCUT2D eigenvalue weighted by Crippen LogP contribution is -2.63. The number of rotatable bonds is 3. The Morgan fingerprint density at radius 3 is 2.65 bits per heavy atom. The molecule has 0 bridgehead atoms. The van der Waals surface area contributed by atoms with Crippen molar-refractivity contribution < 1.29 is 22.8 Å². The average molecular weight is 343 g/mol. The fourth-order valence-electron chi connectivity index (χ4n) is 2.43. The number of aliphatic imine (C=N–C) groups is 1. The Bertz CT molecular complexity index is 678. The summed E-state index contributed by atoms with van der Waals surface area (Å²) in [4.78, 5) is 28.7. The summed E-state index contributed by atoms with van der Waals surface area (Å²) in [5, 5.41) is 1.81. The van der Waals surface area contributed by atoms with E-state index in [-0.39, 0.29) is 18.1 Å². The number of halogens is 3. The first-order chi connectivity index (χ1) is 10.8. The Labute approximate surface area is 133 Å². The zero-order valence-corrected chi connectivity index (χ0v) is 12.6. The number of amidine groups is 1. The molecule has 0 radical (unpaired) electrons. The van der Waals surface area contributed by atoms with E-state index in [9.17, 15) is 22.8 Å². The summed E-state index contributed by atoms with van der Waals surface area (Å²) in [6.45, 7) is 0.161. The van der Waals surface area contributed by atoms with Gasteiger partial charge < -0.3 is 5.32 Å². The predicted molar refractivity (Wildman–Crippen MR) is 78.7 cm³/mol. The number of carbonyl (C=O) groups is 2. The molecule has 9 heteroatoms. The second kappa shape index (κ2) is 5.55. The fourth-order valence-corrected chi connectivity index (χ4v) is 3.42. The molecule has 0 aliphatic carbocycles. The first kappa shape index (κ1) is 15.9. The summed E-state index contributed by atoms with van der Waals surface area (Å²) in [6.07, 6.45) is -5.27. The van der Waals surface area contributed by atoms with Crippen LogP contribution in [0.4, 0.5) is 13.2 Å². The van der Waals surface area contributed by atoms with Crippen molar-refractivity contribution in [2.45, 2.75) is 18.3 Å². The second-order valence-electron chi connectivity index (χ2n) is 5.12. The van der Waals surface area contributed by atoms with Crippen molar-refractivity contribution >= 4 is 28.7 Å². The molecule has 0 aromatic heterocycles. The van der Waals surface area contributed by atoms with E-state index in [1.54, 1.807) is 35.6 Å². The van der Waals surface area contributed by atoms with E-state index >= 15 is 0 Å². The Balaban J connectivity index is 1.86. The van der Waals surface area contributed by atoms with Gasteiger partial charge in [-0.1, -0.05) is 42.1 Å². The van der Waals surface area contributed by atoms with Gasteiger partial charge in [0.15, 0.2) is 5.17 Å². The Hall–Kier alpha value is -2.03. The van der Waals surface area contributed by atoms with Crippen LogP contribution in [0, 0.1) is 0 Å². The van der Waals surface area contributed by atoms with Crippen LogP contribution in [-0.2, 0) is 16.0 Å². The van der Waals surface area contributed by atoms with E-state index in [0.717, 1.165) is 16.7 Å². The summed E-state index contributed by atoms with van der Waals surface area (Å²) >= 11 is 1.07. The van der Waals surface area contributed by atoms with Crippen LogP contribution in [0.1, 0.15) is 5.56 Å². The van der Waals surface area contributed by atoms with Crippen LogP contribution in [0.25, 0.3) is 0 Å². The van der Waals surface area contributed by atoms with Gasteiger partial charge in [0.2, 0.25) is 5.91 Å². The van der Waals surface area contributed by atoms with Gasteiger partial charge in [-0.2, -0.15) is 13.2 Å². The third-order valence-electron chi connectivity index (χ3n) is 3.53. The fraction of sp³-hybridized carbons (Fsp3) is 0.357. The van der Waals surface area contributed by atoms with Gasteiger partial charge in [0.05, 0.1) is 6.42 Å². The lowest BCUT2D eigenvalue weighted by Gasteiger charge is -2.28. The molecule has 1 aromatic rings. The minimum absolute atomic E-state index is 0.00679. The van der Waals surface area contributed by atoms with Gasteiger partial charge >= 0.3 is 11.8 Å². The molecule has 3 rings (SSSR count). The monoisotopic (exact) mass is 343 g/mol. The number of hydrogen-bond donors (Lipinski definition) is 1. The van der Waals surface area contributed by atoms with E-state index in [1.807, 2.05) is 0 Å². The highest BCUT2D eigenvalue weighted by Crippen LogP contribution is 2.40. The van der Waals surface area contributed by atoms with E-state index in [2.05, 4.69) is 4.99 Å². The zero-order valence-electron chi connectivity index (χ0n) is 11.8. The van der Waals surface area contributed by atoms with E-state index in [1.165, 1.54) is 0 Å². The summed E-state index contributed by atoms with van der Waals surface area (Å²) < 4.78 is 40.5. The molecular weight excluding hydrogens is 331 g/mol. The lowest BCUT2D eigenvalue weighted by atomic mass is 10.1. The molecule has 1 N–H and O–H groups in total. The molecule has 0 spiro atoms. The Kier molecular flexibility index (Phi) is 3.83. The van der Waals surface area contributed by atoms with E-state index in [4.69, 9.17) is 0 Å². The minimum Gasteiger partial charge on any atom is -0.316 e. The van der Waals surface area contributed by atoms with Gasteiger partial charge in [-0.3, -0.25) is 14.5 Å². The summed E-state index contributed by atoms with van der Waals surface area (Å²) in [5.41, 5.74) is -2.66. The summed E-state index contributed by atoms with van der Waals surface area (Å²) in [6, 6.07) is 8.33. The van der Waals surface area contributed by atoms with Crippen molar-refractivity contribution in [3.05, 3.63) is 35.9 Å².